The van der Waals surface area contributed by atoms with E-state index in [-0.39, 0.29) is 35.6 Å². The number of rotatable bonds is 4. The Morgan fingerprint density at radius 2 is 1.81 bits per heavy atom. The third-order valence-corrected chi connectivity index (χ3v) is 5.91. The number of carbonyl (C=O) groups excluding carboxylic acids is 2. The quantitative estimate of drug-likeness (QED) is 0.835. The fraction of sp³-hybridized carbons (Fsp3) is 0.778. The van der Waals surface area contributed by atoms with Gasteiger partial charge in [-0.25, -0.2) is 9.89 Å². The normalized spacial score (nSPS) is 29.4. The van der Waals surface area contributed by atoms with Gasteiger partial charge in [0.15, 0.2) is 0 Å². The Labute approximate surface area is 151 Å². The van der Waals surface area contributed by atoms with Gasteiger partial charge in [0, 0.05) is 31.0 Å². The van der Waals surface area contributed by atoms with Crippen molar-refractivity contribution in [1.82, 2.24) is 20.4 Å². The van der Waals surface area contributed by atoms with Gasteiger partial charge in [-0.15, -0.1) is 5.10 Å². The number of nitrogens with zero attached hydrogens (tertiary/aromatic N) is 2. The molecule has 2 aliphatic carbocycles. The Hall–Kier alpha value is -2.12. The molecule has 1 saturated heterocycles. The van der Waals surface area contributed by atoms with E-state index < -0.39 is 5.76 Å². The highest BCUT2D eigenvalue weighted by Gasteiger charge is 2.35. The first-order chi connectivity index (χ1) is 12.6. The molecule has 0 aromatic carbocycles. The summed E-state index contributed by atoms with van der Waals surface area (Å²) in [6, 6.07) is 0.222. The van der Waals surface area contributed by atoms with Crippen LogP contribution in [0.3, 0.4) is 0 Å². The number of hydrogen-bond acceptors (Lipinski definition) is 5. The number of nitrogens with one attached hydrogen (secondary N) is 2. The zero-order chi connectivity index (χ0) is 18.1. The second-order valence-electron chi connectivity index (χ2n) is 7.91. The Morgan fingerprint density at radius 1 is 1.08 bits per heavy atom. The molecule has 2 saturated carbocycles. The van der Waals surface area contributed by atoms with Gasteiger partial charge in [0.05, 0.1) is 5.92 Å². The van der Waals surface area contributed by atoms with Gasteiger partial charge >= 0.3 is 5.76 Å². The second kappa shape index (κ2) is 7.25. The molecule has 0 spiro atoms. The molecule has 8 nitrogen and oxygen atoms in total. The van der Waals surface area contributed by atoms with E-state index in [4.69, 9.17) is 4.42 Å². The molecule has 8 heteroatoms. The first kappa shape index (κ1) is 17.3. The Balaban J connectivity index is 1.28. The molecule has 4 rings (SSSR count). The average Bonchev–Trinajstić information content (AvgIpc) is 3.43. The molecule has 2 amide bonds. The van der Waals surface area contributed by atoms with Crippen molar-refractivity contribution in [3.05, 3.63) is 16.4 Å². The summed E-state index contributed by atoms with van der Waals surface area (Å²) in [7, 11) is 0. The Bertz CT molecular complexity index is 715. The lowest BCUT2D eigenvalue weighted by molar-refractivity contribution is -0.138. The predicted molar refractivity (Wildman–Crippen MR) is 92.3 cm³/mol. The molecule has 26 heavy (non-hydrogen) atoms. The van der Waals surface area contributed by atoms with E-state index in [1.54, 1.807) is 0 Å². The van der Waals surface area contributed by atoms with E-state index in [1.807, 2.05) is 4.90 Å². The maximum Gasteiger partial charge on any atom is 0.434 e. The lowest BCUT2D eigenvalue weighted by Gasteiger charge is -2.36. The molecule has 1 atom stereocenters. The van der Waals surface area contributed by atoms with Gasteiger partial charge in [0.2, 0.25) is 17.7 Å². The van der Waals surface area contributed by atoms with Crippen molar-refractivity contribution >= 4 is 11.8 Å². The molecule has 3 aliphatic rings. The van der Waals surface area contributed by atoms with E-state index in [1.165, 1.54) is 0 Å². The highest BCUT2D eigenvalue weighted by atomic mass is 16.4. The third-order valence-electron chi connectivity index (χ3n) is 5.91. The number of amides is 2. The maximum atomic E-state index is 12.9. The zero-order valence-electron chi connectivity index (χ0n) is 14.9. The van der Waals surface area contributed by atoms with Crippen LogP contribution in [0.5, 0.6) is 0 Å². The molecule has 0 radical (unpaired) electrons. The Kier molecular flexibility index (Phi) is 4.82. The summed E-state index contributed by atoms with van der Waals surface area (Å²) < 4.78 is 5.07. The van der Waals surface area contributed by atoms with Crippen molar-refractivity contribution in [3.8, 4) is 0 Å². The van der Waals surface area contributed by atoms with E-state index in [0.29, 0.717) is 12.4 Å². The van der Waals surface area contributed by atoms with Crippen LogP contribution >= 0.6 is 0 Å². The van der Waals surface area contributed by atoms with E-state index in [0.717, 1.165) is 57.9 Å². The second-order valence-corrected chi connectivity index (χ2v) is 7.91. The molecule has 3 fully saturated rings. The molecule has 1 aromatic rings. The first-order valence-corrected chi connectivity index (χ1v) is 9.74. The summed E-state index contributed by atoms with van der Waals surface area (Å²) in [4.78, 5) is 37.8. The van der Waals surface area contributed by atoms with Crippen LogP contribution in [0.1, 0.15) is 63.2 Å². The molecule has 1 aromatic heterocycles. The fourth-order valence-corrected chi connectivity index (χ4v) is 4.20. The standard InChI is InChI=1S/C18H26N4O4/c23-15(11-3-4-11)19-14-7-5-12(6-8-14)17(24)22-9-1-2-13(10-22)16-20-21-18(25)26-16/h11-14H,1-10H2,(H,19,23)(H,21,25). The van der Waals surface area contributed by atoms with Crippen LogP contribution in [0.4, 0.5) is 0 Å². The van der Waals surface area contributed by atoms with E-state index in [2.05, 4.69) is 15.5 Å². The lowest BCUT2D eigenvalue weighted by Crippen LogP contribution is -2.45. The highest BCUT2D eigenvalue weighted by Crippen LogP contribution is 2.32. The third kappa shape index (κ3) is 3.83. The summed E-state index contributed by atoms with van der Waals surface area (Å²) in [5.41, 5.74) is 0. The van der Waals surface area contributed by atoms with Crippen LogP contribution in [0.15, 0.2) is 9.21 Å². The van der Waals surface area contributed by atoms with Crippen molar-refractivity contribution in [2.75, 3.05) is 13.1 Å². The summed E-state index contributed by atoms with van der Waals surface area (Å²) in [6.45, 7) is 1.31. The fourth-order valence-electron chi connectivity index (χ4n) is 4.20. The summed E-state index contributed by atoms with van der Waals surface area (Å²) >= 11 is 0. The number of H-pyrrole nitrogens is 1. The molecular weight excluding hydrogens is 336 g/mol. The van der Waals surface area contributed by atoms with Gasteiger partial charge in [0.25, 0.3) is 0 Å². The van der Waals surface area contributed by atoms with E-state index >= 15 is 0 Å². The summed E-state index contributed by atoms with van der Waals surface area (Å²) in [5.74, 6) is 0.504. The lowest BCUT2D eigenvalue weighted by atomic mass is 9.84. The average molecular weight is 362 g/mol. The van der Waals surface area contributed by atoms with Gasteiger partial charge < -0.3 is 14.6 Å². The van der Waals surface area contributed by atoms with Crippen LogP contribution in [0, 0.1) is 11.8 Å². The minimum Gasteiger partial charge on any atom is -0.392 e. The number of aromatic amines is 1. The number of carbonyl (C=O) groups is 2. The topological polar surface area (TPSA) is 108 Å². The van der Waals surface area contributed by atoms with Gasteiger partial charge in [-0.05, 0) is 51.4 Å². The molecular formula is C18H26N4O4. The largest absolute Gasteiger partial charge is 0.434 e. The van der Waals surface area contributed by atoms with Crippen molar-refractivity contribution < 1.29 is 14.0 Å². The minimum absolute atomic E-state index is 0.0131. The molecule has 1 unspecified atom stereocenters. The highest BCUT2D eigenvalue weighted by molar-refractivity contribution is 5.81. The first-order valence-electron chi connectivity index (χ1n) is 9.74. The van der Waals surface area contributed by atoms with Crippen molar-refractivity contribution in [3.63, 3.8) is 0 Å². The maximum absolute atomic E-state index is 12.9. The Morgan fingerprint density at radius 3 is 2.46 bits per heavy atom. The van der Waals surface area contributed by atoms with Crippen LogP contribution < -0.4 is 11.1 Å². The van der Waals surface area contributed by atoms with E-state index in [9.17, 15) is 14.4 Å². The van der Waals surface area contributed by atoms with Crippen LogP contribution in [0.2, 0.25) is 0 Å². The number of hydrogen-bond donors (Lipinski definition) is 2. The summed E-state index contributed by atoms with van der Waals surface area (Å²) in [5, 5.41) is 9.35. The molecule has 2 heterocycles. The summed E-state index contributed by atoms with van der Waals surface area (Å²) in [6.07, 6.45) is 7.20. The zero-order valence-corrected chi connectivity index (χ0v) is 14.9. The van der Waals surface area contributed by atoms with Crippen LogP contribution in [-0.2, 0) is 9.59 Å². The van der Waals surface area contributed by atoms with Gasteiger partial charge in [-0.3, -0.25) is 9.59 Å². The van der Waals surface area contributed by atoms with Crippen molar-refractivity contribution in [1.29, 1.82) is 0 Å². The van der Waals surface area contributed by atoms with Crippen molar-refractivity contribution in [2.24, 2.45) is 11.8 Å². The minimum atomic E-state index is -0.546. The molecule has 1 aliphatic heterocycles. The molecule has 2 N–H and O–H groups in total. The number of piperidine rings is 1. The molecule has 0 bridgehead atoms. The van der Waals surface area contributed by atoms with Gasteiger partial charge in [-0.1, -0.05) is 0 Å². The van der Waals surface area contributed by atoms with Crippen LogP contribution in [-0.4, -0.2) is 46.0 Å². The predicted octanol–water partition coefficient (Wildman–Crippen LogP) is 1.15. The van der Waals surface area contributed by atoms with Gasteiger partial charge in [0.1, 0.15) is 0 Å². The monoisotopic (exact) mass is 362 g/mol. The molecule has 142 valence electrons. The number of aromatic nitrogens is 2. The van der Waals surface area contributed by atoms with Crippen LogP contribution in [0.25, 0.3) is 0 Å². The van der Waals surface area contributed by atoms with Gasteiger partial charge in [-0.2, -0.15) is 0 Å². The number of likely N-dealkylation sites (tertiary alicyclic amines) is 1. The smallest absolute Gasteiger partial charge is 0.392 e. The SMILES string of the molecule is O=C(NC1CCC(C(=O)N2CCCC(c3n[nH]c(=O)o3)C2)CC1)C1CC1. The van der Waals surface area contributed by atoms with Crippen molar-refractivity contribution in [2.45, 2.75) is 63.3 Å².